The Hall–Kier alpha value is -0.130. The molecule has 1 aromatic carbocycles. The minimum Gasteiger partial charge on any atom is -0.282 e. The molecule has 0 spiro atoms. The van der Waals surface area contributed by atoms with Gasteiger partial charge in [0.05, 0.1) is 5.41 Å². The molecule has 5 heteroatoms. The summed E-state index contributed by atoms with van der Waals surface area (Å²) in [7, 11) is -3.90. The molecule has 0 radical (unpaired) electrons. The SMILES string of the molecule is C=CS(=O)(=O)O.[Na+].[c-]1ccccc1. The topological polar surface area (TPSA) is 54.4 Å². The maximum atomic E-state index is 9.44. The minimum atomic E-state index is -3.90. The summed E-state index contributed by atoms with van der Waals surface area (Å²) < 4.78 is 26.6. The fourth-order valence-corrected chi connectivity index (χ4v) is 0.342. The van der Waals surface area contributed by atoms with Crippen molar-refractivity contribution in [1.29, 1.82) is 0 Å². The molecule has 0 saturated carbocycles. The Balaban J connectivity index is 0. The van der Waals surface area contributed by atoms with Gasteiger partial charge in [-0.25, -0.2) is 0 Å². The molecule has 0 bridgehead atoms. The van der Waals surface area contributed by atoms with Crippen LogP contribution in [0.1, 0.15) is 0 Å². The van der Waals surface area contributed by atoms with E-state index >= 15 is 0 Å². The van der Waals surface area contributed by atoms with E-state index in [-0.39, 0.29) is 29.6 Å². The first-order valence-electron chi connectivity index (χ1n) is 3.07. The van der Waals surface area contributed by atoms with Crippen LogP contribution in [0.25, 0.3) is 0 Å². The zero-order valence-corrected chi connectivity index (χ0v) is 10.2. The van der Waals surface area contributed by atoms with Crippen LogP contribution in [-0.4, -0.2) is 13.0 Å². The molecule has 3 nitrogen and oxygen atoms in total. The molecule has 0 aliphatic rings. The summed E-state index contributed by atoms with van der Waals surface area (Å²) in [5.74, 6) is 0. The molecule has 0 aromatic heterocycles. The van der Waals surface area contributed by atoms with Gasteiger partial charge in [0.1, 0.15) is 0 Å². The number of hydrogen-bond donors (Lipinski definition) is 1. The zero-order valence-electron chi connectivity index (χ0n) is 7.34. The number of benzene rings is 1. The van der Waals surface area contributed by atoms with Crippen LogP contribution in [0.3, 0.4) is 0 Å². The molecule has 13 heavy (non-hydrogen) atoms. The Morgan fingerprint density at radius 2 is 1.62 bits per heavy atom. The first-order chi connectivity index (χ1) is 5.56. The van der Waals surface area contributed by atoms with Crippen molar-refractivity contribution in [2.75, 3.05) is 0 Å². The number of hydrogen-bond acceptors (Lipinski definition) is 2. The normalized spacial score (nSPS) is 8.69. The monoisotopic (exact) mass is 208 g/mol. The van der Waals surface area contributed by atoms with E-state index in [0.29, 0.717) is 5.41 Å². The summed E-state index contributed by atoms with van der Waals surface area (Å²) in [6.45, 7) is 2.79. The third-order valence-electron chi connectivity index (χ3n) is 0.818. The van der Waals surface area contributed by atoms with Crippen LogP contribution in [0, 0.1) is 6.07 Å². The van der Waals surface area contributed by atoms with Crippen LogP contribution in [0.2, 0.25) is 0 Å². The summed E-state index contributed by atoms with van der Waals surface area (Å²) in [5, 5.41) is 0.465. The van der Waals surface area contributed by atoms with Crippen LogP contribution in [0.5, 0.6) is 0 Å². The van der Waals surface area contributed by atoms with E-state index < -0.39 is 10.1 Å². The fourth-order valence-electron chi connectivity index (χ4n) is 0.342. The quantitative estimate of drug-likeness (QED) is 0.347. The molecule has 0 aliphatic heterocycles. The first kappa shape index (κ1) is 15.3. The van der Waals surface area contributed by atoms with Crippen LogP contribution in [0.4, 0.5) is 0 Å². The van der Waals surface area contributed by atoms with Crippen molar-refractivity contribution in [3.63, 3.8) is 0 Å². The predicted octanol–water partition coefficient (Wildman–Crippen LogP) is -1.49. The van der Waals surface area contributed by atoms with Gasteiger partial charge in [0.15, 0.2) is 0 Å². The fraction of sp³-hybridized carbons (Fsp3) is 0. The largest absolute Gasteiger partial charge is 1.00 e. The summed E-state index contributed by atoms with van der Waals surface area (Å²) in [4.78, 5) is 0. The van der Waals surface area contributed by atoms with Gasteiger partial charge in [0.2, 0.25) is 0 Å². The van der Waals surface area contributed by atoms with Crippen LogP contribution >= 0.6 is 0 Å². The average Bonchev–Trinajstić information content (AvgIpc) is 2.07. The molecule has 1 rings (SSSR count). The third kappa shape index (κ3) is 14.7. The van der Waals surface area contributed by atoms with E-state index in [2.05, 4.69) is 12.6 Å². The standard InChI is InChI=1S/C6H5.C2H4O3S.Na/c1-2-4-6-5-3-1;1-2-6(3,4)5;/h1-5H;2H,1H2,(H,3,4,5);/q-1;;+1. The molecule has 1 N–H and O–H groups in total. The van der Waals surface area contributed by atoms with Crippen molar-refractivity contribution in [2.45, 2.75) is 0 Å². The average molecular weight is 208 g/mol. The van der Waals surface area contributed by atoms with Crippen molar-refractivity contribution in [3.05, 3.63) is 48.4 Å². The second-order valence-electron chi connectivity index (χ2n) is 1.76. The predicted molar refractivity (Wildman–Crippen MR) is 47.0 cm³/mol. The van der Waals surface area contributed by atoms with E-state index in [9.17, 15) is 8.42 Å². The van der Waals surface area contributed by atoms with Gasteiger partial charge in [-0.05, 0) is 0 Å². The molecule has 0 amide bonds. The molecule has 0 unspecified atom stereocenters. The number of rotatable bonds is 1. The van der Waals surface area contributed by atoms with Crippen molar-refractivity contribution in [3.8, 4) is 0 Å². The van der Waals surface area contributed by atoms with Crippen LogP contribution in [-0.2, 0) is 10.1 Å². The Morgan fingerprint density at radius 1 is 1.23 bits per heavy atom. The van der Waals surface area contributed by atoms with Gasteiger partial charge in [-0.3, -0.25) is 4.55 Å². The molecular weight excluding hydrogens is 199 g/mol. The second kappa shape index (κ2) is 8.47. The molecule has 0 aliphatic carbocycles. The second-order valence-corrected chi connectivity index (χ2v) is 3.12. The molecular formula is C8H9NaO3S. The maximum Gasteiger partial charge on any atom is 1.00 e. The Morgan fingerprint density at radius 3 is 1.69 bits per heavy atom. The molecule has 66 valence electrons. The summed E-state index contributed by atoms with van der Waals surface area (Å²) in [6, 6.07) is 12.5. The van der Waals surface area contributed by atoms with Crippen molar-refractivity contribution < 1.29 is 42.5 Å². The van der Waals surface area contributed by atoms with Gasteiger partial charge in [-0.1, -0.05) is 6.58 Å². The maximum absolute atomic E-state index is 9.44. The van der Waals surface area contributed by atoms with Gasteiger partial charge >= 0.3 is 29.6 Å². The van der Waals surface area contributed by atoms with Crippen LogP contribution < -0.4 is 29.6 Å². The minimum absolute atomic E-state index is 0. The molecule has 0 fully saturated rings. The van der Waals surface area contributed by atoms with Gasteiger partial charge in [-0.2, -0.15) is 44.8 Å². The van der Waals surface area contributed by atoms with Crippen molar-refractivity contribution in [2.24, 2.45) is 0 Å². The van der Waals surface area contributed by atoms with E-state index in [1.807, 2.05) is 30.3 Å². The van der Waals surface area contributed by atoms with Crippen molar-refractivity contribution in [1.82, 2.24) is 0 Å². The van der Waals surface area contributed by atoms with E-state index in [1.54, 1.807) is 0 Å². The molecule has 0 saturated heterocycles. The Labute approximate surface area is 101 Å². The molecule has 0 heterocycles. The zero-order chi connectivity index (χ0) is 9.45. The smallest absolute Gasteiger partial charge is 0.282 e. The van der Waals surface area contributed by atoms with Gasteiger partial charge < -0.3 is 0 Å². The van der Waals surface area contributed by atoms with Crippen LogP contribution in [0.15, 0.2) is 42.3 Å². The van der Waals surface area contributed by atoms with Gasteiger partial charge in [0.25, 0.3) is 10.1 Å². The molecule has 1 aromatic rings. The third-order valence-corrected chi connectivity index (χ3v) is 1.24. The Bertz CT molecular complexity index is 269. The summed E-state index contributed by atoms with van der Waals surface area (Å²) >= 11 is 0. The van der Waals surface area contributed by atoms with Crippen molar-refractivity contribution >= 4 is 10.1 Å². The first-order valence-corrected chi connectivity index (χ1v) is 4.57. The van der Waals surface area contributed by atoms with E-state index in [0.717, 1.165) is 0 Å². The van der Waals surface area contributed by atoms with Gasteiger partial charge in [0, 0.05) is 0 Å². The molecule has 0 atom stereocenters. The summed E-state index contributed by atoms with van der Waals surface area (Å²) in [5.41, 5.74) is 0. The summed E-state index contributed by atoms with van der Waals surface area (Å²) in [6.07, 6.45) is 0. The van der Waals surface area contributed by atoms with Gasteiger partial charge in [-0.15, -0.1) is 0 Å². The Kier molecular flexibility index (Phi) is 10.00. The van der Waals surface area contributed by atoms with E-state index in [4.69, 9.17) is 4.55 Å². The van der Waals surface area contributed by atoms with E-state index in [1.165, 1.54) is 0 Å².